The monoisotopic (exact) mass is 194 g/mol. The van der Waals surface area contributed by atoms with Crippen molar-refractivity contribution in [3.63, 3.8) is 0 Å². The van der Waals surface area contributed by atoms with Gasteiger partial charge in [-0.1, -0.05) is 0 Å². The van der Waals surface area contributed by atoms with Crippen LogP contribution in [0.4, 0.5) is 0 Å². The molecule has 1 amide bonds. The van der Waals surface area contributed by atoms with Crippen LogP contribution in [0.3, 0.4) is 0 Å². The quantitative estimate of drug-likeness (QED) is 0.378. The van der Waals surface area contributed by atoms with Gasteiger partial charge in [-0.05, 0) is 24.1 Å². The van der Waals surface area contributed by atoms with E-state index in [-0.39, 0.29) is 5.91 Å². The summed E-state index contributed by atoms with van der Waals surface area (Å²) >= 11 is 0. The molecular weight excluding hydrogens is 180 g/mol. The fourth-order valence-electron chi connectivity index (χ4n) is 1.12. The van der Waals surface area contributed by atoms with E-state index in [1.165, 1.54) is 7.05 Å². The predicted molar refractivity (Wildman–Crippen MR) is 52.9 cm³/mol. The van der Waals surface area contributed by atoms with E-state index in [9.17, 15) is 4.79 Å². The molecule has 1 rings (SSSR count). The van der Waals surface area contributed by atoms with Gasteiger partial charge in [0.2, 0.25) is 0 Å². The lowest BCUT2D eigenvalue weighted by Gasteiger charge is -2.15. The molecule has 0 spiro atoms. The molecule has 0 aromatic carbocycles. The minimum absolute atomic E-state index is 0.276. The van der Waals surface area contributed by atoms with Crippen molar-refractivity contribution in [2.75, 3.05) is 7.05 Å². The minimum atomic E-state index is -0.590. The Labute approximate surface area is 82.7 Å². The van der Waals surface area contributed by atoms with Gasteiger partial charge in [-0.25, -0.2) is 5.84 Å². The molecule has 0 aliphatic rings. The number of nitrogens with two attached hydrogens (primary N) is 2. The second-order valence-corrected chi connectivity index (χ2v) is 3.12. The first-order valence-corrected chi connectivity index (χ1v) is 4.28. The molecule has 76 valence electrons. The second kappa shape index (κ2) is 4.69. The summed E-state index contributed by atoms with van der Waals surface area (Å²) in [5, 5.41) is 1.01. The van der Waals surface area contributed by atoms with E-state index in [4.69, 9.17) is 11.6 Å². The molecule has 4 N–H and O–H groups in total. The van der Waals surface area contributed by atoms with Crippen molar-refractivity contribution in [3.05, 3.63) is 30.1 Å². The van der Waals surface area contributed by atoms with Crippen LogP contribution in [0, 0.1) is 0 Å². The summed E-state index contributed by atoms with van der Waals surface area (Å²) in [5.41, 5.74) is 6.63. The van der Waals surface area contributed by atoms with Crippen molar-refractivity contribution < 1.29 is 4.79 Å². The van der Waals surface area contributed by atoms with Crippen molar-refractivity contribution in [2.45, 2.75) is 12.5 Å². The van der Waals surface area contributed by atoms with Crippen molar-refractivity contribution in [1.29, 1.82) is 0 Å². The molecule has 1 unspecified atom stereocenters. The highest BCUT2D eigenvalue weighted by Gasteiger charge is 2.15. The third-order valence-electron chi connectivity index (χ3n) is 1.87. The number of hydrogen-bond donors (Lipinski definition) is 2. The highest BCUT2D eigenvalue weighted by Crippen LogP contribution is 2.01. The maximum absolute atomic E-state index is 11.3. The number of hydrogen-bond acceptors (Lipinski definition) is 4. The number of hydrazine groups is 1. The van der Waals surface area contributed by atoms with Gasteiger partial charge < -0.3 is 5.73 Å². The number of carbonyl (C=O) groups is 1. The van der Waals surface area contributed by atoms with Crippen LogP contribution in [0.5, 0.6) is 0 Å². The first-order chi connectivity index (χ1) is 6.61. The zero-order chi connectivity index (χ0) is 10.6. The summed E-state index contributed by atoms with van der Waals surface area (Å²) in [4.78, 5) is 15.2. The van der Waals surface area contributed by atoms with Gasteiger partial charge in [-0.15, -0.1) is 0 Å². The third-order valence-corrected chi connectivity index (χ3v) is 1.87. The summed E-state index contributed by atoms with van der Waals surface area (Å²) in [6.45, 7) is 0. The Kier molecular flexibility index (Phi) is 3.55. The normalized spacial score (nSPS) is 12.2. The van der Waals surface area contributed by atoms with Gasteiger partial charge in [-0.2, -0.15) is 0 Å². The van der Waals surface area contributed by atoms with E-state index in [1.54, 1.807) is 12.4 Å². The molecule has 5 nitrogen and oxygen atoms in total. The number of carbonyl (C=O) groups excluding carboxylic acids is 1. The highest BCUT2D eigenvalue weighted by atomic mass is 16.2. The van der Waals surface area contributed by atoms with Gasteiger partial charge in [0.25, 0.3) is 5.91 Å². The Morgan fingerprint density at radius 1 is 1.57 bits per heavy atom. The fourth-order valence-corrected chi connectivity index (χ4v) is 1.12. The number of aromatic nitrogens is 1. The highest BCUT2D eigenvalue weighted by molar-refractivity contribution is 5.81. The van der Waals surface area contributed by atoms with Crippen LogP contribution < -0.4 is 11.6 Å². The van der Waals surface area contributed by atoms with Crippen LogP contribution >= 0.6 is 0 Å². The molecule has 0 aliphatic heterocycles. The SMILES string of the molecule is CN(N)C(=O)C(N)Cc1ccncc1. The van der Waals surface area contributed by atoms with Crippen LogP contribution in [-0.4, -0.2) is 29.0 Å². The topological polar surface area (TPSA) is 85.2 Å². The molecule has 5 heteroatoms. The molecule has 1 heterocycles. The Balaban J connectivity index is 2.57. The number of pyridine rings is 1. The zero-order valence-electron chi connectivity index (χ0n) is 8.05. The lowest BCUT2D eigenvalue weighted by molar-refractivity contribution is -0.131. The summed E-state index contributed by atoms with van der Waals surface area (Å²) in [7, 11) is 1.48. The molecule has 1 aromatic heterocycles. The van der Waals surface area contributed by atoms with E-state index in [1.807, 2.05) is 12.1 Å². The average molecular weight is 194 g/mol. The van der Waals surface area contributed by atoms with Crippen molar-refractivity contribution in [3.8, 4) is 0 Å². The van der Waals surface area contributed by atoms with Gasteiger partial charge >= 0.3 is 0 Å². The Morgan fingerprint density at radius 3 is 2.64 bits per heavy atom. The summed E-state index contributed by atoms with van der Waals surface area (Å²) in [5.74, 6) is 5.01. The number of rotatable bonds is 3. The molecule has 0 aliphatic carbocycles. The summed E-state index contributed by atoms with van der Waals surface area (Å²) in [6, 6.07) is 3.06. The molecule has 14 heavy (non-hydrogen) atoms. The maximum Gasteiger partial charge on any atom is 0.253 e. The standard InChI is InChI=1S/C9H14N4O/c1-13(11)9(14)8(10)6-7-2-4-12-5-3-7/h2-5,8H,6,10-11H2,1H3. The zero-order valence-corrected chi connectivity index (χ0v) is 8.05. The number of likely N-dealkylation sites (N-methyl/N-ethyl adjacent to an activating group) is 1. The number of nitrogens with zero attached hydrogens (tertiary/aromatic N) is 2. The summed E-state index contributed by atoms with van der Waals surface area (Å²) in [6.07, 6.45) is 3.81. The first-order valence-electron chi connectivity index (χ1n) is 4.28. The smallest absolute Gasteiger partial charge is 0.253 e. The van der Waals surface area contributed by atoms with Crippen LogP contribution in [0.15, 0.2) is 24.5 Å². The van der Waals surface area contributed by atoms with Crippen molar-refractivity contribution in [2.24, 2.45) is 11.6 Å². The van der Waals surface area contributed by atoms with Gasteiger partial charge in [0.15, 0.2) is 0 Å². The molecule has 0 bridgehead atoms. The number of amides is 1. The van der Waals surface area contributed by atoms with Crippen LogP contribution in [0.25, 0.3) is 0 Å². The Bertz CT molecular complexity index is 299. The lowest BCUT2D eigenvalue weighted by Crippen LogP contribution is -2.46. The molecule has 0 fully saturated rings. The van der Waals surface area contributed by atoms with E-state index in [2.05, 4.69) is 4.98 Å². The molecule has 0 radical (unpaired) electrons. The molecule has 0 saturated heterocycles. The molecular formula is C9H14N4O. The molecule has 1 aromatic rings. The summed E-state index contributed by atoms with van der Waals surface area (Å²) < 4.78 is 0. The largest absolute Gasteiger partial charge is 0.320 e. The predicted octanol–water partition coefficient (Wildman–Crippen LogP) is -0.716. The van der Waals surface area contributed by atoms with E-state index in [0.29, 0.717) is 6.42 Å². The van der Waals surface area contributed by atoms with Gasteiger partial charge in [0.1, 0.15) is 0 Å². The maximum atomic E-state index is 11.3. The Hall–Kier alpha value is -1.46. The van der Waals surface area contributed by atoms with E-state index >= 15 is 0 Å². The van der Waals surface area contributed by atoms with Gasteiger partial charge in [0.05, 0.1) is 6.04 Å². The van der Waals surface area contributed by atoms with Gasteiger partial charge in [0, 0.05) is 19.4 Å². The Morgan fingerprint density at radius 2 is 2.14 bits per heavy atom. The molecule has 0 saturated carbocycles. The second-order valence-electron chi connectivity index (χ2n) is 3.12. The van der Waals surface area contributed by atoms with Crippen LogP contribution in [0.1, 0.15) is 5.56 Å². The average Bonchev–Trinajstić information content (AvgIpc) is 2.18. The molecule has 1 atom stereocenters. The van der Waals surface area contributed by atoms with E-state index in [0.717, 1.165) is 10.6 Å². The van der Waals surface area contributed by atoms with Gasteiger partial charge in [-0.3, -0.25) is 14.8 Å². The van der Waals surface area contributed by atoms with Crippen LogP contribution in [-0.2, 0) is 11.2 Å². The van der Waals surface area contributed by atoms with Crippen molar-refractivity contribution in [1.82, 2.24) is 9.99 Å². The van der Waals surface area contributed by atoms with Crippen LogP contribution in [0.2, 0.25) is 0 Å². The lowest BCUT2D eigenvalue weighted by atomic mass is 10.1. The fraction of sp³-hybridized carbons (Fsp3) is 0.333. The van der Waals surface area contributed by atoms with Crippen molar-refractivity contribution >= 4 is 5.91 Å². The van der Waals surface area contributed by atoms with E-state index < -0.39 is 6.04 Å². The first kappa shape index (κ1) is 10.6. The minimum Gasteiger partial charge on any atom is -0.320 e. The third kappa shape index (κ3) is 2.79.